The molecule has 16 heavy (non-hydrogen) atoms. The monoisotopic (exact) mass is 247 g/mol. The molecule has 1 aliphatic rings. The largest absolute Gasteiger partial charge is 0.465 e. The molecular weight excluding hydrogens is 226 g/mol. The van der Waals surface area contributed by atoms with Gasteiger partial charge in [-0.2, -0.15) is 11.8 Å². The van der Waals surface area contributed by atoms with Gasteiger partial charge < -0.3 is 14.8 Å². The Morgan fingerprint density at radius 3 is 2.81 bits per heavy atom. The van der Waals surface area contributed by atoms with Crippen LogP contribution < -0.4 is 5.32 Å². The molecule has 0 aliphatic carbocycles. The third-order valence-electron chi connectivity index (χ3n) is 2.32. The van der Waals surface area contributed by atoms with Gasteiger partial charge in [-0.25, -0.2) is 0 Å². The summed E-state index contributed by atoms with van der Waals surface area (Å²) in [6.07, 6.45) is 1.02. The quantitative estimate of drug-likeness (QED) is 0.650. The second-order valence-electron chi connectivity index (χ2n) is 3.75. The fourth-order valence-corrected chi connectivity index (χ4v) is 2.42. The highest BCUT2D eigenvalue weighted by molar-refractivity contribution is 8.00. The van der Waals surface area contributed by atoms with Crippen molar-refractivity contribution in [3.05, 3.63) is 0 Å². The fraction of sp³-hybridized carbons (Fsp3) is 0.909. The average Bonchev–Trinajstić information content (AvgIpc) is 2.20. The van der Waals surface area contributed by atoms with Crippen LogP contribution in [-0.2, 0) is 14.3 Å². The Labute approximate surface area is 101 Å². The molecule has 0 spiro atoms. The molecule has 0 amide bonds. The number of thioether (sulfide) groups is 1. The molecule has 0 aromatic carbocycles. The van der Waals surface area contributed by atoms with E-state index in [1.165, 1.54) is 0 Å². The number of rotatable bonds is 8. The minimum absolute atomic E-state index is 0.135. The topological polar surface area (TPSA) is 47.6 Å². The Morgan fingerprint density at radius 1 is 1.56 bits per heavy atom. The normalized spacial score (nSPS) is 17.9. The van der Waals surface area contributed by atoms with E-state index in [1.54, 1.807) is 11.8 Å². The van der Waals surface area contributed by atoms with Crippen LogP contribution in [0.3, 0.4) is 0 Å². The molecule has 5 heteroatoms. The van der Waals surface area contributed by atoms with Gasteiger partial charge in [0.25, 0.3) is 0 Å². The highest BCUT2D eigenvalue weighted by Gasteiger charge is 2.24. The number of hydrogen-bond donors (Lipinski definition) is 1. The standard InChI is InChI=1S/C11H21NO3S/c1-3-5-12-10(11(13)15-4-2)8-16-9-6-14-7-9/h9-10,12H,3-8H2,1-2H3. The second-order valence-corrected chi connectivity index (χ2v) is 5.08. The maximum atomic E-state index is 11.6. The molecule has 1 fully saturated rings. The Hall–Kier alpha value is -0.260. The Kier molecular flexibility index (Phi) is 6.84. The Balaban J connectivity index is 2.26. The van der Waals surface area contributed by atoms with E-state index in [0.29, 0.717) is 11.9 Å². The minimum atomic E-state index is -0.175. The number of esters is 1. The molecule has 0 aromatic heterocycles. The predicted molar refractivity (Wildman–Crippen MR) is 65.8 cm³/mol. The molecule has 1 heterocycles. The zero-order chi connectivity index (χ0) is 11.8. The molecule has 1 atom stereocenters. The van der Waals surface area contributed by atoms with Gasteiger partial charge in [-0.1, -0.05) is 6.92 Å². The van der Waals surface area contributed by atoms with Crippen molar-refractivity contribution in [3.8, 4) is 0 Å². The molecule has 1 rings (SSSR count). The summed E-state index contributed by atoms with van der Waals surface area (Å²) in [7, 11) is 0. The van der Waals surface area contributed by atoms with E-state index in [-0.39, 0.29) is 12.0 Å². The lowest BCUT2D eigenvalue weighted by Crippen LogP contribution is -2.42. The number of ether oxygens (including phenoxy) is 2. The van der Waals surface area contributed by atoms with Gasteiger partial charge in [0.1, 0.15) is 6.04 Å². The summed E-state index contributed by atoms with van der Waals surface area (Å²) >= 11 is 1.79. The maximum Gasteiger partial charge on any atom is 0.323 e. The minimum Gasteiger partial charge on any atom is -0.465 e. The van der Waals surface area contributed by atoms with Crippen LogP contribution in [0.5, 0.6) is 0 Å². The summed E-state index contributed by atoms with van der Waals surface area (Å²) < 4.78 is 10.1. The first-order valence-corrected chi connectivity index (χ1v) is 6.92. The lowest BCUT2D eigenvalue weighted by Gasteiger charge is -2.27. The average molecular weight is 247 g/mol. The van der Waals surface area contributed by atoms with Crippen molar-refractivity contribution < 1.29 is 14.3 Å². The molecule has 4 nitrogen and oxygen atoms in total. The van der Waals surface area contributed by atoms with Gasteiger partial charge in [-0.3, -0.25) is 4.79 Å². The summed E-state index contributed by atoms with van der Waals surface area (Å²) in [6.45, 7) is 6.84. The molecular formula is C11H21NO3S. The molecule has 1 unspecified atom stereocenters. The smallest absolute Gasteiger partial charge is 0.323 e. The van der Waals surface area contributed by atoms with Crippen molar-refractivity contribution in [1.29, 1.82) is 0 Å². The van der Waals surface area contributed by atoms with Crippen molar-refractivity contribution in [3.63, 3.8) is 0 Å². The molecule has 1 N–H and O–H groups in total. The highest BCUT2D eigenvalue weighted by Crippen LogP contribution is 2.19. The van der Waals surface area contributed by atoms with E-state index in [4.69, 9.17) is 9.47 Å². The van der Waals surface area contributed by atoms with E-state index in [9.17, 15) is 4.79 Å². The Morgan fingerprint density at radius 2 is 2.31 bits per heavy atom. The predicted octanol–water partition coefficient (Wildman–Crippen LogP) is 1.05. The van der Waals surface area contributed by atoms with Gasteiger partial charge in [-0.15, -0.1) is 0 Å². The molecule has 1 saturated heterocycles. The lowest BCUT2D eigenvalue weighted by atomic mass is 10.3. The van der Waals surface area contributed by atoms with E-state index in [1.807, 2.05) is 6.92 Å². The van der Waals surface area contributed by atoms with Crippen LogP contribution in [0, 0.1) is 0 Å². The first-order chi connectivity index (χ1) is 7.77. The maximum absolute atomic E-state index is 11.6. The van der Waals surface area contributed by atoms with Gasteiger partial charge in [0.15, 0.2) is 0 Å². The molecule has 0 saturated carbocycles. The van der Waals surface area contributed by atoms with Crippen molar-refractivity contribution in [2.24, 2.45) is 0 Å². The van der Waals surface area contributed by atoms with Gasteiger partial charge in [-0.05, 0) is 19.9 Å². The second kappa shape index (κ2) is 7.92. The van der Waals surface area contributed by atoms with Gasteiger partial charge in [0.2, 0.25) is 0 Å². The van der Waals surface area contributed by atoms with Gasteiger partial charge >= 0.3 is 5.97 Å². The van der Waals surface area contributed by atoms with Crippen LogP contribution in [0.15, 0.2) is 0 Å². The molecule has 1 aliphatic heterocycles. The van der Waals surface area contributed by atoms with E-state index < -0.39 is 0 Å². The van der Waals surface area contributed by atoms with Gasteiger partial charge in [0.05, 0.1) is 25.1 Å². The van der Waals surface area contributed by atoms with Crippen LogP contribution >= 0.6 is 11.8 Å². The molecule has 0 bridgehead atoms. The van der Waals surface area contributed by atoms with E-state index in [0.717, 1.165) is 31.9 Å². The van der Waals surface area contributed by atoms with Crippen LogP contribution in [0.1, 0.15) is 20.3 Å². The number of nitrogens with one attached hydrogen (secondary N) is 1. The first-order valence-electron chi connectivity index (χ1n) is 5.87. The van der Waals surface area contributed by atoms with Crippen molar-refractivity contribution >= 4 is 17.7 Å². The number of carbonyl (C=O) groups excluding carboxylic acids is 1. The third kappa shape index (κ3) is 4.72. The highest BCUT2D eigenvalue weighted by atomic mass is 32.2. The summed E-state index contributed by atoms with van der Waals surface area (Å²) in [6, 6.07) is -0.175. The summed E-state index contributed by atoms with van der Waals surface area (Å²) in [5.41, 5.74) is 0. The van der Waals surface area contributed by atoms with E-state index in [2.05, 4.69) is 12.2 Å². The van der Waals surface area contributed by atoms with E-state index >= 15 is 0 Å². The Bertz CT molecular complexity index is 209. The van der Waals surface area contributed by atoms with Crippen LogP contribution in [0.4, 0.5) is 0 Å². The van der Waals surface area contributed by atoms with Crippen molar-refractivity contribution in [1.82, 2.24) is 5.32 Å². The van der Waals surface area contributed by atoms with Crippen LogP contribution in [0.2, 0.25) is 0 Å². The molecule has 94 valence electrons. The van der Waals surface area contributed by atoms with Crippen LogP contribution in [0.25, 0.3) is 0 Å². The third-order valence-corrected chi connectivity index (χ3v) is 3.59. The zero-order valence-electron chi connectivity index (χ0n) is 10.0. The number of carbonyl (C=O) groups is 1. The fourth-order valence-electron chi connectivity index (χ4n) is 1.31. The van der Waals surface area contributed by atoms with Crippen molar-refractivity contribution in [2.45, 2.75) is 31.6 Å². The van der Waals surface area contributed by atoms with Crippen molar-refractivity contribution in [2.75, 3.05) is 32.1 Å². The molecule has 0 radical (unpaired) electrons. The van der Waals surface area contributed by atoms with Gasteiger partial charge in [0, 0.05) is 5.75 Å². The summed E-state index contributed by atoms with van der Waals surface area (Å²) in [5.74, 6) is 0.635. The summed E-state index contributed by atoms with van der Waals surface area (Å²) in [4.78, 5) is 11.6. The molecule has 0 aromatic rings. The summed E-state index contributed by atoms with van der Waals surface area (Å²) in [5, 5.41) is 3.78. The van der Waals surface area contributed by atoms with Crippen LogP contribution in [-0.4, -0.2) is 49.4 Å². The number of hydrogen-bond acceptors (Lipinski definition) is 5. The first kappa shape index (κ1) is 13.8. The zero-order valence-corrected chi connectivity index (χ0v) is 10.8. The lowest BCUT2D eigenvalue weighted by molar-refractivity contribution is -0.145. The SMILES string of the molecule is CCCNC(CSC1COC1)C(=O)OCC.